The third-order valence-electron chi connectivity index (χ3n) is 3.09. The van der Waals surface area contributed by atoms with Crippen LogP contribution in [0.5, 0.6) is 0 Å². The van der Waals surface area contributed by atoms with E-state index in [2.05, 4.69) is 10.3 Å². The highest BCUT2D eigenvalue weighted by Crippen LogP contribution is 2.21. The Morgan fingerprint density at radius 2 is 1.76 bits per heavy atom. The standard InChI is InChI=1S/C17H13FN2O/c18-14(11-17(21)19-13-7-2-1-3-8-13)16-10-12-6-4-5-9-15(12)20-16/h1-11,20H,(H,19,21)/b14-11-. The van der Waals surface area contributed by atoms with Gasteiger partial charge in [-0.05, 0) is 24.3 Å². The van der Waals surface area contributed by atoms with Gasteiger partial charge in [-0.3, -0.25) is 4.79 Å². The first kappa shape index (κ1) is 13.1. The summed E-state index contributed by atoms with van der Waals surface area (Å²) in [5.41, 5.74) is 1.75. The Morgan fingerprint density at radius 1 is 1.05 bits per heavy atom. The molecule has 0 spiro atoms. The summed E-state index contributed by atoms with van der Waals surface area (Å²) in [5.74, 6) is -1.10. The molecule has 2 N–H and O–H groups in total. The summed E-state index contributed by atoms with van der Waals surface area (Å²) in [7, 11) is 0. The van der Waals surface area contributed by atoms with Gasteiger partial charge < -0.3 is 10.3 Å². The molecule has 4 heteroatoms. The van der Waals surface area contributed by atoms with Crippen LogP contribution in [-0.4, -0.2) is 10.9 Å². The Morgan fingerprint density at radius 3 is 2.52 bits per heavy atom. The highest BCUT2D eigenvalue weighted by Gasteiger charge is 2.07. The summed E-state index contributed by atoms with van der Waals surface area (Å²) in [6.45, 7) is 0. The largest absolute Gasteiger partial charge is 0.353 e. The van der Waals surface area contributed by atoms with Gasteiger partial charge in [-0.2, -0.15) is 0 Å². The highest BCUT2D eigenvalue weighted by molar-refractivity contribution is 6.03. The molecule has 3 rings (SSSR count). The second-order valence-electron chi connectivity index (χ2n) is 4.62. The van der Waals surface area contributed by atoms with Crippen LogP contribution in [0.15, 0.2) is 66.7 Å². The minimum atomic E-state index is -0.598. The summed E-state index contributed by atoms with van der Waals surface area (Å²) >= 11 is 0. The molecule has 0 radical (unpaired) electrons. The maximum atomic E-state index is 14.1. The monoisotopic (exact) mass is 280 g/mol. The maximum absolute atomic E-state index is 14.1. The number of hydrogen-bond acceptors (Lipinski definition) is 1. The van der Waals surface area contributed by atoms with Gasteiger partial charge in [0.1, 0.15) is 0 Å². The van der Waals surface area contributed by atoms with Gasteiger partial charge in [-0.25, -0.2) is 4.39 Å². The normalized spacial score (nSPS) is 11.6. The SMILES string of the molecule is O=C(/C=C(\F)c1cc2ccccc2[nH]1)Nc1ccccc1. The number of fused-ring (bicyclic) bond motifs is 1. The smallest absolute Gasteiger partial charge is 0.251 e. The second kappa shape index (κ2) is 5.63. The van der Waals surface area contributed by atoms with Gasteiger partial charge in [0.15, 0.2) is 5.83 Å². The Bertz CT molecular complexity index is 773. The van der Waals surface area contributed by atoms with E-state index in [1.54, 1.807) is 30.3 Å². The summed E-state index contributed by atoms with van der Waals surface area (Å²) in [5, 5.41) is 3.51. The van der Waals surface area contributed by atoms with Crippen LogP contribution < -0.4 is 5.32 Å². The van der Waals surface area contributed by atoms with E-state index in [-0.39, 0.29) is 0 Å². The number of H-pyrrole nitrogens is 1. The predicted octanol–water partition coefficient (Wildman–Crippen LogP) is 4.12. The minimum Gasteiger partial charge on any atom is -0.353 e. The quantitative estimate of drug-likeness (QED) is 0.696. The van der Waals surface area contributed by atoms with Crippen molar-refractivity contribution in [1.29, 1.82) is 0 Å². The Balaban J connectivity index is 1.80. The minimum absolute atomic E-state index is 0.291. The van der Waals surface area contributed by atoms with Gasteiger partial charge >= 0.3 is 0 Å². The van der Waals surface area contributed by atoms with Crippen molar-refractivity contribution in [2.45, 2.75) is 0 Å². The number of hydrogen-bond donors (Lipinski definition) is 2. The zero-order valence-electron chi connectivity index (χ0n) is 11.1. The maximum Gasteiger partial charge on any atom is 0.251 e. The number of amides is 1. The number of halogens is 1. The van der Waals surface area contributed by atoms with Crippen LogP contribution in [0.3, 0.4) is 0 Å². The Kier molecular flexibility index (Phi) is 3.51. The van der Waals surface area contributed by atoms with E-state index in [1.807, 2.05) is 30.3 Å². The van der Waals surface area contributed by atoms with Crippen LogP contribution in [0.1, 0.15) is 5.69 Å². The molecule has 0 saturated carbocycles. The lowest BCUT2D eigenvalue weighted by Gasteiger charge is -2.01. The molecule has 1 amide bonds. The molecule has 1 heterocycles. The third-order valence-corrected chi connectivity index (χ3v) is 3.09. The Hall–Kier alpha value is -2.88. The van der Waals surface area contributed by atoms with Crippen molar-refractivity contribution in [3.05, 3.63) is 72.4 Å². The number of anilines is 1. The van der Waals surface area contributed by atoms with Gasteiger partial charge in [-0.1, -0.05) is 36.4 Å². The molecular formula is C17H13FN2O. The van der Waals surface area contributed by atoms with E-state index in [9.17, 15) is 9.18 Å². The number of carbonyl (C=O) groups excluding carboxylic acids is 1. The van der Waals surface area contributed by atoms with Crippen molar-refractivity contribution in [2.75, 3.05) is 5.32 Å². The van der Waals surface area contributed by atoms with Gasteiger partial charge in [0.05, 0.1) is 5.69 Å². The van der Waals surface area contributed by atoms with Crippen LogP contribution in [0.2, 0.25) is 0 Å². The number of carbonyl (C=O) groups is 1. The molecule has 0 aliphatic rings. The van der Waals surface area contributed by atoms with Crippen LogP contribution in [0.25, 0.3) is 16.7 Å². The van der Waals surface area contributed by atoms with E-state index >= 15 is 0 Å². The number of para-hydroxylation sites is 2. The number of rotatable bonds is 3. The average molecular weight is 280 g/mol. The lowest BCUT2D eigenvalue weighted by molar-refractivity contribution is -0.111. The predicted molar refractivity (Wildman–Crippen MR) is 82.5 cm³/mol. The van der Waals surface area contributed by atoms with Crippen LogP contribution >= 0.6 is 0 Å². The Labute approximate surface area is 121 Å². The summed E-state index contributed by atoms with van der Waals surface area (Å²) in [4.78, 5) is 14.7. The lowest BCUT2D eigenvalue weighted by Crippen LogP contribution is -2.08. The molecule has 0 fully saturated rings. The van der Waals surface area contributed by atoms with Crippen molar-refractivity contribution < 1.29 is 9.18 Å². The van der Waals surface area contributed by atoms with Crippen molar-refractivity contribution in [1.82, 2.24) is 4.98 Å². The van der Waals surface area contributed by atoms with E-state index in [0.717, 1.165) is 17.0 Å². The second-order valence-corrected chi connectivity index (χ2v) is 4.62. The van der Waals surface area contributed by atoms with Crippen LogP contribution in [0, 0.1) is 0 Å². The van der Waals surface area contributed by atoms with Gasteiger partial charge in [0, 0.05) is 22.7 Å². The zero-order valence-corrected chi connectivity index (χ0v) is 11.1. The number of benzene rings is 2. The summed E-state index contributed by atoms with van der Waals surface area (Å²) in [6.07, 6.45) is 0.942. The number of aromatic nitrogens is 1. The first-order valence-electron chi connectivity index (χ1n) is 6.54. The number of aromatic amines is 1. The van der Waals surface area contributed by atoms with Crippen LogP contribution in [0.4, 0.5) is 10.1 Å². The molecule has 0 atom stereocenters. The van der Waals surface area contributed by atoms with Gasteiger partial charge in [-0.15, -0.1) is 0 Å². The van der Waals surface area contributed by atoms with Crippen molar-refractivity contribution in [2.24, 2.45) is 0 Å². The first-order chi connectivity index (χ1) is 10.2. The van der Waals surface area contributed by atoms with E-state index in [0.29, 0.717) is 11.4 Å². The fourth-order valence-electron chi connectivity index (χ4n) is 2.09. The lowest BCUT2D eigenvalue weighted by atomic mass is 10.2. The average Bonchev–Trinajstić information content (AvgIpc) is 2.92. The summed E-state index contributed by atoms with van der Waals surface area (Å²) in [6, 6.07) is 18.1. The van der Waals surface area contributed by atoms with Crippen molar-refractivity contribution in [3.8, 4) is 0 Å². The topological polar surface area (TPSA) is 44.9 Å². The zero-order chi connectivity index (χ0) is 14.7. The van der Waals surface area contributed by atoms with E-state index in [1.165, 1.54) is 0 Å². The van der Waals surface area contributed by atoms with Crippen molar-refractivity contribution >= 4 is 28.3 Å². The van der Waals surface area contributed by atoms with E-state index in [4.69, 9.17) is 0 Å². The van der Waals surface area contributed by atoms with Crippen LogP contribution in [-0.2, 0) is 4.79 Å². The van der Waals surface area contributed by atoms with Crippen molar-refractivity contribution in [3.63, 3.8) is 0 Å². The molecule has 0 unspecified atom stereocenters. The highest BCUT2D eigenvalue weighted by atomic mass is 19.1. The molecule has 0 aliphatic heterocycles. The van der Waals surface area contributed by atoms with Gasteiger partial charge in [0.25, 0.3) is 5.91 Å². The molecular weight excluding hydrogens is 267 g/mol. The fraction of sp³-hybridized carbons (Fsp3) is 0. The number of nitrogens with one attached hydrogen (secondary N) is 2. The first-order valence-corrected chi connectivity index (χ1v) is 6.54. The molecule has 1 aromatic heterocycles. The third kappa shape index (κ3) is 3.00. The molecule has 2 aromatic carbocycles. The molecule has 3 nitrogen and oxygen atoms in total. The molecule has 3 aromatic rings. The molecule has 0 bridgehead atoms. The summed E-state index contributed by atoms with van der Waals surface area (Å²) < 4.78 is 14.1. The fourth-order valence-corrected chi connectivity index (χ4v) is 2.09. The molecule has 0 aliphatic carbocycles. The molecule has 21 heavy (non-hydrogen) atoms. The van der Waals surface area contributed by atoms with E-state index < -0.39 is 11.7 Å². The van der Waals surface area contributed by atoms with Gasteiger partial charge in [0.2, 0.25) is 0 Å². The molecule has 0 saturated heterocycles. The molecule has 104 valence electrons.